The van der Waals surface area contributed by atoms with Crippen molar-refractivity contribution in [3.05, 3.63) is 23.2 Å². The molecule has 1 aromatic heterocycles. The van der Waals surface area contributed by atoms with Gasteiger partial charge in [0.25, 0.3) is 5.91 Å². The SMILES string of the molecule is Cc1coc(C)c1C(=O)NCCCCl. The molecule has 0 spiro atoms. The summed E-state index contributed by atoms with van der Waals surface area (Å²) in [5.41, 5.74) is 1.51. The molecule has 1 heterocycles. The first-order valence-electron chi connectivity index (χ1n) is 4.55. The van der Waals surface area contributed by atoms with Gasteiger partial charge in [-0.1, -0.05) is 0 Å². The van der Waals surface area contributed by atoms with Gasteiger partial charge in [-0.2, -0.15) is 0 Å². The average molecular weight is 216 g/mol. The molecule has 1 amide bonds. The molecule has 0 saturated heterocycles. The lowest BCUT2D eigenvalue weighted by Gasteiger charge is -2.03. The zero-order valence-corrected chi connectivity index (χ0v) is 9.15. The van der Waals surface area contributed by atoms with Crippen molar-refractivity contribution in [2.24, 2.45) is 0 Å². The largest absolute Gasteiger partial charge is 0.469 e. The summed E-state index contributed by atoms with van der Waals surface area (Å²) in [5, 5.41) is 2.78. The van der Waals surface area contributed by atoms with Crippen LogP contribution in [0.1, 0.15) is 28.1 Å². The molecule has 1 rings (SSSR count). The second-order valence-electron chi connectivity index (χ2n) is 3.15. The van der Waals surface area contributed by atoms with E-state index in [0.717, 1.165) is 12.0 Å². The molecule has 0 aliphatic heterocycles. The Balaban J connectivity index is 2.60. The summed E-state index contributed by atoms with van der Waals surface area (Å²) < 4.78 is 5.14. The predicted octanol–water partition coefficient (Wildman–Crippen LogP) is 2.26. The fourth-order valence-electron chi connectivity index (χ4n) is 1.27. The highest BCUT2D eigenvalue weighted by Crippen LogP contribution is 2.14. The maximum atomic E-state index is 11.6. The number of halogens is 1. The predicted molar refractivity (Wildman–Crippen MR) is 55.9 cm³/mol. The minimum absolute atomic E-state index is 0.0844. The van der Waals surface area contributed by atoms with Crippen LogP contribution < -0.4 is 5.32 Å². The highest BCUT2D eigenvalue weighted by Gasteiger charge is 2.14. The van der Waals surface area contributed by atoms with Crippen LogP contribution in [-0.2, 0) is 0 Å². The second kappa shape index (κ2) is 5.05. The molecule has 0 aliphatic rings. The molecule has 3 nitrogen and oxygen atoms in total. The number of rotatable bonds is 4. The fourth-order valence-corrected chi connectivity index (χ4v) is 1.40. The van der Waals surface area contributed by atoms with Gasteiger partial charge in [0.15, 0.2) is 0 Å². The molecular weight excluding hydrogens is 202 g/mol. The van der Waals surface area contributed by atoms with Gasteiger partial charge in [-0.3, -0.25) is 4.79 Å². The molecule has 78 valence electrons. The summed E-state index contributed by atoms with van der Waals surface area (Å²) in [6, 6.07) is 0. The minimum atomic E-state index is -0.0844. The van der Waals surface area contributed by atoms with E-state index in [1.807, 2.05) is 6.92 Å². The van der Waals surface area contributed by atoms with Gasteiger partial charge in [0, 0.05) is 18.0 Å². The number of amides is 1. The van der Waals surface area contributed by atoms with Crippen molar-refractivity contribution in [3.8, 4) is 0 Å². The minimum Gasteiger partial charge on any atom is -0.469 e. The Morgan fingerprint density at radius 3 is 2.79 bits per heavy atom. The third-order valence-electron chi connectivity index (χ3n) is 1.98. The summed E-state index contributed by atoms with van der Waals surface area (Å²) in [6.45, 7) is 4.24. The van der Waals surface area contributed by atoms with Gasteiger partial charge in [0.05, 0.1) is 11.8 Å². The fraction of sp³-hybridized carbons (Fsp3) is 0.500. The van der Waals surface area contributed by atoms with Crippen LogP contribution in [0.2, 0.25) is 0 Å². The first-order chi connectivity index (χ1) is 6.66. The van der Waals surface area contributed by atoms with Crippen LogP contribution in [0, 0.1) is 13.8 Å². The van der Waals surface area contributed by atoms with E-state index in [0.29, 0.717) is 23.7 Å². The van der Waals surface area contributed by atoms with Gasteiger partial charge >= 0.3 is 0 Å². The van der Waals surface area contributed by atoms with Crippen LogP contribution >= 0.6 is 11.6 Å². The van der Waals surface area contributed by atoms with Crippen LogP contribution in [0.5, 0.6) is 0 Å². The van der Waals surface area contributed by atoms with Crippen LogP contribution in [0.4, 0.5) is 0 Å². The molecule has 1 N–H and O–H groups in total. The summed E-state index contributed by atoms with van der Waals surface area (Å²) in [6.07, 6.45) is 2.37. The number of carbonyl (C=O) groups is 1. The molecular formula is C10H14ClNO2. The summed E-state index contributed by atoms with van der Waals surface area (Å²) in [5.74, 6) is 1.13. The van der Waals surface area contributed by atoms with E-state index in [1.54, 1.807) is 13.2 Å². The third-order valence-corrected chi connectivity index (χ3v) is 2.25. The van der Waals surface area contributed by atoms with E-state index in [1.165, 1.54) is 0 Å². The van der Waals surface area contributed by atoms with E-state index in [-0.39, 0.29) is 5.91 Å². The Kier molecular flexibility index (Phi) is 4.01. The summed E-state index contributed by atoms with van der Waals surface area (Å²) >= 11 is 5.50. The van der Waals surface area contributed by atoms with Gasteiger partial charge in [-0.05, 0) is 20.3 Å². The standard InChI is InChI=1S/C10H14ClNO2/c1-7-6-14-8(2)9(7)10(13)12-5-3-4-11/h6H,3-5H2,1-2H3,(H,12,13). The molecule has 0 fully saturated rings. The number of furan rings is 1. The first-order valence-corrected chi connectivity index (χ1v) is 5.09. The molecule has 0 unspecified atom stereocenters. The quantitative estimate of drug-likeness (QED) is 0.619. The molecule has 0 atom stereocenters. The number of hydrogen-bond acceptors (Lipinski definition) is 2. The smallest absolute Gasteiger partial charge is 0.255 e. The molecule has 0 bridgehead atoms. The molecule has 0 aliphatic carbocycles. The Morgan fingerprint density at radius 1 is 1.57 bits per heavy atom. The van der Waals surface area contributed by atoms with E-state index < -0.39 is 0 Å². The number of alkyl halides is 1. The van der Waals surface area contributed by atoms with E-state index in [4.69, 9.17) is 16.0 Å². The normalized spacial score (nSPS) is 10.2. The Morgan fingerprint density at radius 2 is 2.29 bits per heavy atom. The van der Waals surface area contributed by atoms with Crippen molar-refractivity contribution in [1.82, 2.24) is 5.32 Å². The second-order valence-corrected chi connectivity index (χ2v) is 3.53. The topological polar surface area (TPSA) is 42.2 Å². The monoisotopic (exact) mass is 215 g/mol. The molecule has 0 aromatic carbocycles. The third kappa shape index (κ3) is 2.51. The Bertz CT molecular complexity index is 300. The number of aryl methyl sites for hydroxylation is 2. The van der Waals surface area contributed by atoms with E-state index in [2.05, 4.69) is 5.32 Å². The molecule has 14 heavy (non-hydrogen) atoms. The van der Waals surface area contributed by atoms with E-state index in [9.17, 15) is 4.79 Å². The van der Waals surface area contributed by atoms with Crippen molar-refractivity contribution >= 4 is 17.5 Å². The lowest BCUT2D eigenvalue weighted by molar-refractivity contribution is 0.0952. The maximum Gasteiger partial charge on any atom is 0.255 e. The number of hydrogen-bond donors (Lipinski definition) is 1. The molecule has 0 radical (unpaired) electrons. The van der Waals surface area contributed by atoms with Gasteiger partial charge in [-0.15, -0.1) is 11.6 Å². The van der Waals surface area contributed by atoms with Crippen molar-refractivity contribution in [3.63, 3.8) is 0 Å². The summed E-state index contributed by atoms with van der Waals surface area (Å²) in [4.78, 5) is 11.6. The van der Waals surface area contributed by atoms with Crippen LogP contribution in [0.25, 0.3) is 0 Å². The Labute approximate surface area is 88.4 Å². The average Bonchev–Trinajstić information content (AvgIpc) is 2.46. The molecule has 4 heteroatoms. The van der Waals surface area contributed by atoms with Crippen LogP contribution in [0.15, 0.2) is 10.7 Å². The Hall–Kier alpha value is -0.960. The van der Waals surface area contributed by atoms with Crippen LogP contribution in [0.3, 0.4) is 0 Å². The maximum absolute atomic E-state index is 11.6. The highest BCUT2D eigenvalue weighted by molar-refractivity contribution is 6.17. The van der Waals surface area contributed by atoms with Crippen molar-refractivity contribution in [2.45, 2.75) is 20.3 Å². The molecule has 0 saturated carbocycles. The van der Waals surface area contributed by atoms with E-state index >= 15 is 0 Å². The first kappa shape index (κ1) is 11.1. The highest BCUT2D eigenvalue weighted by atomic mass is 35.5. The van der Waals surface area contributed by atoms with Crippen molar-refractivity contribution in [2.75, 3.05) is 12.4 Å². The summed E-state index contributed by atoms with van der Waals surface area (Å²) in [7, 11) is 0. The lowest BCUT2D eigenvalue weighted by atomic mass is 10.1. The van der Waals surface area contributed by atoms with Gasteiger partial charge in [-0.25, -0.2) is 0 Å². The van der Waals surface area contributed by atoms with Crippen molar-refractivity contribution in [1.29, 1.82) is 0 Å². The van der Waals surface area contributed by atoms with Gasteiger partial charge < -0.3 is 9.73 Å². The van der Waals surface area contributed by atoms with Crippen LogP contribution in [-0.4, -0.2) is 18.3 Å². The van der Waals surface area contributed by atoms with Crippen molar-refractivity contribution < 1.29 is 9.21 Å². The zero-order valence-electron chi connectivity index (χ0n) is 8.39. The van der Waals surface area contributed by atoms with Gasteiger partial charge in [0.2, 0.25) is 0 Å². The lowest BCUT2D eigenvalue weighted by Crippen LogP contribution is -2.25. The number of nitrogens with one attached hydrogen (secondary N) is 1. The number of carbonyl (C=O) groups excluding carboxylic acids is 1. The zero-order chi connectivity index (χ0) is 10.6. The van der Waals surface area contributed by atoms with Gasteiger partial charge in [0.1, 0.15) is 5.76 Å². The molecule has 1 aromatic rings.